The molecule has 1 aromatic rings. The SMILES string of the molecule is CN1CCN(CCCNCc2cccc(F)c2)CC1. The monoisotopic (exact) mass is 265 g/mol. The summed E-state index contributed by atoms with van der Waals surface area (Å²) in [7, 11) is 2.18. The maximum absolute atomic E-state index is 13.0. The van der Waals surface area contributed by atoms with Crippen molar-refractivity contribution in [1.29, 1.82) is 0 Å². The normalized spacial score (nSPS) is 17.8. The number of hydrogen-bond acceptors (Lipinski definition) is 3. The predicted octanol–water partition coefficient (Wildman–Crippen LogP) is 1.55. The highest BCUT2D eigenvalue weighted by molar-refractivity contribution is 5.15. The third-order valence-electron chi connectivity index (χ3n) is 3.64. The van der Waals surface area contributed by atoms with E-state index in [1.165, 1.54) is 32.2 Å². The van der Waals surface area contributed by atoms with Gasteiger partial charge in [0.25, 0.3) is 0 Å². The second kappa shape index (κ2) is 7.58. The molecule has 0 amide bonds. The first-order valence-electron chi connectivity index (χ1n) is 7.10. The van der Waals surface area contributed by atoms with Crippen molar-refractivity contribution in [2.45, 2.75) is 13.0 Å². The van der Waals surface area contributed by atoms with Crippen molar-refractivity contribution in [3.05, 3.63) is 35.6 Å². The molecule has 2 rings (SSSR count). The van der Waals surface area contributed by atoms with Crippen molar-refractivity contribution in [3.8, 4) is 0 Å². The zero-order valence-electron chi connectivity index (χ0n) is 11.7. The van der Waals surface area contributed by atoms with Crippen LogP contribution in [0.25, 0.3) is 0 Å². The van der Waals surface area contributed by atoms with Crippen LogP contribution in [0, 0.1) is 5.82 Å². The second-order valence-electron chi connectivity index (χ2n) is 5.31. The van der Waals surface area contributed by atoms with Crippen LogP contribution in [0.2, 0.25) is 0 Å². The van der Waals surface area contributed by atoms with Crippen molar-refractivity contribution in [2.75, 3.05) is 46.3 Å². The number of benzene rings is 1. The molecule has 0 aliphatic carbocycles. The van der Waals surface area contributed by atoms with Gasteiger partial charge in [-0.05, 0) is 44.3 Å². The van der Waals surface area contributed by atoms with Gasteiger partial charge in [0.1, 0.15) is 5.82 Å². The molecule has 0 radical (unpaired) electrons. The highest BCUT2D eigenvalue weighted by Crippen LogP contribution is 2.03. The summed E-state index contributed by atoms with van der Waals surface area (Å²) in [5.41, 5.74) is 1.01. The minimum absolute atomic E-state index is 0.156. The lowest BCUT2D eigenvalue weighted by molar-refractivity contribution is 0.153. The Bertz CT molecular complexity index is 375. The van der Waals surface area contributed by atoms with Crippen LogP contribution >= 0.6 is 0 Å². The van der Waals surface area contributed by atoms with Gasteiger partial charge in [-0.25, -0.2) is 4.39 Å². The van der Waals surface area contributed by atoms with Crippen LogP contribution in [-0.2, 0) is 6.54 Å². The van der Waals surface area contributed by atoms with Crippen LogP contribution in [0.3, 0.4) is 0 Å². The van der Waals surface area contributed by atoms with E-state index in [9.17, 15) is 4.39 Å². The van der Waals surface area contributed by atoms with Gasteiger partial charge in [0.05, 0.1) is 0 Å². The van der Waals surface area contributed by atoms with Gasteiger partial charge in [-0.3, -0.25) is 0 Å². The maximum atomic E-state index is 13.0. The average molecular weight is 265 g/mol. The smallest absolute Gasteiger partial charge is 0.123 e. The van der Waals surface area contributed by atoms with E-state index in [2.05, 4.69) is 22.2 Å². The topological polar surface area (TPSA) is 18.5 Å². The van der Waals surface area contributed by atoms with E-state index in [0.29, 0.717) is 0 Å². The Kier molecular flexibility index (Phi) is 5.76. The lowest BCUT2D eigenvalue weighted by Gasteiger charge is -2.32. The third kappa shape index (κ3) is 5.27. The van der Waals surface area contributed by atoms with Crippen LogP contribution in [-0.4, -0.2) is 56.1 Å². The molecule has 1 saturated heterocycles. The van der Waals surface area contributed by atoms with E-state index in [0.717, 1.165) is 31.6 Å². The van der Waals surface area contributed by atoms with Gasteiger partial charge in [0.2, 0.25) is 0 Å². The second-order valence-corrected chi connectivity index (χ2v) is 5.31. The van der Waals surface area contributed by atoms with E-state index in [-0.39, 0.29) is 5.82 Å². The summed E-state index contributed by atoms with van der Waals surface area (Å²) in [4.78, 5) is 4.89. The maximum Gasteiger partial charge on any atom is 0.123 e. The molecule has 0 spiro atoms. The first kappa shape index (κ1) is 14.4. The zero-order valence-corrected chi connectivity index (χ0v) is 11.7. The Labute approximate surface area is 115 Å². The Hall–Kier alpha value is -0.970. The lowest BCUT2D eigenvalue weighted by atomic mass is 10.2. The number of nitrogens with zero attached hydrogens (tertiary/aromatic N) is 2. The Morgan fingerprint density at radius 3 is 2.74 bits per heavy atom. The molecule has 1 fully saturated rings. The molecule has 1 aliphatic heterocycles. The molecule has 0 bridgehead atoms. The molecule has 0 unspecified atom stereocenters. The lowest BCUT2D eigenvalue weighted by Crippen LogP contribution is -2.45. The number of hydrogen-bond donors (Lipinski definition) is 1. The summed E-state index contributed by atoms with van der Waals surface area (Å²) >= 11 is 0. The zero-order chi connectivity index (χ0) is 13.5. The van der Waals surface area contributed by atoms with E-state index >= 15 is 0 Å². The molecule has 0 saturated carbocycles. The van der Waals surface area contributed by atoms with Crippen molar-refractivity contribution in [3.63, 3.8) is 0 Å². The molecule has 4 heteroatoms. The Morgan fingerprint density at radius 1 is 1.21 bits per heavy atom. The quantitative estimate of drug-likeness (QED) is 0.787. The van der Waals surface area contributed by atoms with Crippen LogP contribution in [0.1, 0.15) is 12.0 Å². The van der Waals surface area contributed by atoms with Gasteiger partial charge in [0.15, 0.2) is 0 Å². The van der Waals surface area contributed by atoms with E-state index in [1.54, 1.807) is 12.1 Å². The molecule has 1 aliphatic rings. The molecule has 1 aromatic carbocycles. The molecule has 3 nitrogen and oxygen atoms in total. The summed E-state index contributed by atoms with van der Waals surface area (Å²) in [6, 6.07) is 6.79. The molecular formula is C15H24FN3. The fourth-order valence-electron chi connectivity index (χ4n) is 2.38. The minimum Gasteiger partial charge on any atom is -0.313 e. The largest absolute Gasteiger partial charge is 0.313 e. The van der Waals surface area contributed by atoms with E-state index < -0.39 is 0 Å². The van der Waals surface area contributed by atoms with Crippen LogP contribution in [0.4, 0.5) is 4.39 Å². The molecule has 0 atom stereocenters. The van der Waals surface area contributed by atoms with Crippen LogP contribution < -0.4 is 5.32 Å². The summed E-state index contributed by atoms with van der Waals surface area (Å²) in [5, 5.41) is 3.37. The number of rotatable bonds is 6. The highest BCUT2D eigenvalue weighted by atomic mass is 19.1. The van der Waals surface area contributed by atoms with Gasteiger partial charge in [-0.15, -0.1) is 0 Å². The number of likely N-dealkylation sites (N-methyl/N-ethyl adjacent to an activating group) is 1. The van der Waals surface area contributed by atoms with Crippen molar-refractivity contribution >= 4 is 0 Å². The first-order valence-corrected chi connectivity index (χ1v) is 7.10. The average Bonchev–Trinajstić information content (AvgIpc) is 2.41. The van der Waals surface area contributed by atoms with Gasteiger partial charge >= 0.3 is 0 Å². The fourth-order valence-corrected chi connectivity index (χ4v) is 2.38. The standard InChI is InChI=1S/C15H24FN3/c1-18-8-10-19(11-9-18)7-3-6-17-13-14-4-2-5-15(16)12-14/h2,4-5,12,17H,3,6-11,13H2,1H3. The molecular weight excluding hydrogens is 241 g/mol. The van der Waals surface area contributed by atoms with Gasteiger partial charge in [-0.1, -0.05) is 12.1 Å². The van der Waals surface area contributed by atoms with Gasteiger partial charge in [0, 0.05) is 32.7 Å². The third-order valence-corrected chi connectivity index (χ3v) is 3.64. The molecule has 1 N–H and O–H groups in total. The Morgan fingerprint density at radius 2 is 2.00 bits per heavy atom. The molecule has 1 heterocycles. The summed E-state index contributed by atoms with van der Waals surface area (Å²) in [6.07, 6.45) is 1.15. The minimum atomic E-state index is -0.156. The predicted molar refractivity (Wildman–Crippen MR) is 76.7 cm³/mol. The molecule has 0 aromatic heterocycles. The fraction of sp³-hybridized carbons (Fsp3) is 0.600. The number of halogens is 1. The van der Waals surface area contributed by atoms with Crippen LogP contribution in [0.15, 0.2) is 24.3 Å². The molecule has 19 heavy (non-hydrogen) atoms. The highest BCUT2D eigenvalue weighted by Gasteiger charge is 2.12. The van der Waals surface area contributed by atoms with Crippen LogP contribution in [0.5, 0.6) is 0 Å². The van der Waals surface area contributed by atoms with Gasteiger partial charge < -0.3 is 15.1 Å². The van der Waals surface area contributed by atoms with Gasteiger partial charge in [-0.2, -0.15) is 0 Å². The summed E-state index contributed by atoms with van der Waals surface area (Å²) in [6.45, 7) is 7.61. The molecule has 106 valence electrons. The van der Waals surface area contributed by atoms with E-state index in [1.807, 2.05) is 6.07 Å². The number of nitrogens with one attached hydrogen (secondary N) is 1. The summed E-state index contributed by atoms with van der Waals surface area (Å²) < 4.78 is 13.0. The van der Waals surface area contributed by atoms with E-state index in [4.69, 9.17) is 0 Å². The van der Waals surface area contributed by atoms with Crippen molar-refractivity contribution in [1.82, 2.24) is 15.1 Å². The Balaban J connectivity index is 1.55. The van der Waals surface area contributed by atoms with Crippen molar-refractivity contribution < 1.29 is 4.39 Å². The number of piperazine rings is 1. The first-order chi connectivity index (χ1) is 9.24. The summed E-state index contributed by atoms with van der Waals surface area (Å²) in [5.74, 6) is -0.156. The van der Waals surface area contributed by atoms with Crippen molar-refractivity contribution in [2.24, 2.45) is 0 Å².